The fraction of sp³-hybridized carbons (Fsp3) is 0.647. The number of benzene rings is 1. The van der Waals surface area contributed by atoms with Crippen LogP contribution in [0.1, 0.15) is 37.5 Å². The van der Waals surface area contributed by atoms with E-state index in [0.717, 1.165) is 43.1 Å². The predicted octanol–water partition coefficient (Wildman–Crippen LogP) is 2.36. The number of hydrogen-bond acceptors (Lipinski definition) is 4. The number of ether oxygens (including phenoxy) is 1. The summed E-state index contributed by atoms with van der Waals surface area (Å²) in [7, 11) is 1.64. The van der Waals surface area contributed by atoms with Crippen LogP contribution in [0.15, 0.2) is 18.2 Å². The molecule has 0 aliphatic heterocycles. The molecule has 120 valence electrons. The summed E-state index contributed by atoms with van der Waals surface area (Å²) >= 11 is 0. The van der Waals surface area contributed by atoms with E-state index in [-0.39, 0.29) is 0 Å². The Morgan fingerprint density at radius 3 is 2.67 bits per heavy atom. The second-order valence-electron chi connectivity index (χ2n) is 5.40. The van der Waals surface area contributed by atoms with Crippen molar-refractivity contribution in [2.45, 2.75) is 33.3 Å². The quantitative estimate of drug-likeness (QED) is 0.650. The molecule has 0 radical (unpaired) electrons. The van der Waals surface area contributed by atoms with E-state index in [1.54, 1.807) is 7.11 Å². The molecule has 0 saturated carbocycles. The molecule has 0 aliphatic rings. The number of likely N-dealkylation sites (N-methyl/N-ethyl adjacent to an activating group) is 1. The number of rotatable bonds is 10. The van der Waals surface area contributed by atoms with E-state index in [0.29, 0.717) is 6.54 Å². The van der Waals surface area contributed by atoms with E-state index < -0.39 is 6.10 Å². The van der Waals surface area contributed by atoms with Crippen LogP contribution in [0.25, 0.3) is 0 Å². The fourth-order valence-electron chi connectivity index (χ4n) is 2.44. The van der Waals surface area contributed by atoms with E-state index in [4.69, 9.17) is 4.74 Å². The molecule has 1 atom stereocenters. The van der Waals surface area contributed by atoms with Crippen molar-refractivity contribution in [3.63, 3.8) is 0 Å². The van der Waals surface area contributed by atoms with Gasteiger partial charge in [-0.3, -0.25) is 0 Å². The van der Waals surface area contributed by atoms with Gasteiger partial charge in [-0.05, 0) is 38.6 Å². The number of nitrogens with one attached hydrogen (secondary N) is 1. The van der Waals surface area contributed by atoms with Gasteiger partial charge in [0, 0.05) is 25.2 Å². The summed E-state index contributed by atoms with van der Waals surface area (Å²) in [5.74, 6) is 0.746. The van der Waals surface area contributed by atoms with Crippen LogP contribution in [0.3, 0.4) is 0 Å². The average Bonchev–Trinajstić information content (AvgIpc) is 2.50. The van der Waals surface area contributed by atoms with Crippen LogP contribution in [0.5, 0.6) is 5.75 Å². The molecule has 2 N–H and O–H groups in total. The molecule has 1 unspecified atom stereocenters. The first-order valence-corrected chi connectivity index (χ1v) is 7.88. The zero-order valence-electron chi connectivity index (χ0n) is 13.9. The lowest BCUT2D eigenvalue weighted by atomic mass is 10.1. The number of aliphatic hydroxyl groups excluding tert-OH is 1. The van der Waals surface area contributed by atoms with Crippen LogP contribution in [-0.2, 0) is 0 Å². The molecule has 0 spiro atoms. The first-order valence-electron chi connectivity index (χ1n) is 7.88. The van der Waals surface area contributed by atoms with Gasteiger partial charge in [0.2, 0.25) is 0 Å². The molecule has 1 rings (SSSR count). The van der Waals surface area contributed by atoms with Crippen LogP contribution in [0.2, 0.25) is 0 Å². The molecule has 4 nitrogen and oxygen atoms in total. The third kappa shape index (κ3) is 6.04. The average molecular weight is 294 g/mol. The molecular formula is C17H30N2O2. The first-order chi connectivity index (χ1) is 10.1. The first kappa shape index (κ1) is 18.0. The minimum Gasteiger partial charge on any atom is -0.496 e. The Morgan fingerprint density at radius 2 is 2.05 bits per heavy atom. The van der Waals surface area contributed by atoms with Crippen molar-refractivity contribution in [3.05, 3.63) is 29.3 Å². The van der Waals surface area contributed by atoms with Crippen molar-refractivity contribution in [2.24, 2.45) is 0 Å². The highest BCUT2D eigenvalue weighted by molar-refractivity contribution is 5.38. The van der Waals surface area contributed by atoms with Gasteiger partial charge in [-0.1, -0.05) is 25.5 Å². The molecule has 0 bridgehead atoms. The normalized spacial score (nSPS) is 12.7. The summed E-state index contributed by atoms with van der Waals surface area (Å²) in [4.78, 5) is 2.41. The summed E-state index contributed by atoms with van der Waals surface area (Å²) in [5.41, 5.74) is 1.98. The Hall–Kier alpha value is -1.10. The smallest absolute Gasteiger partial charge is 0.124 e. The standard InChI is InChI=1S/C17H30N2O2/c1-5-10-19(6-2)11-9-18-13-16(20)15-12-14(3)7-8-17(15)21-4/h7-8,12,16,18,20H,5-6,9-11,13H2,1-4H3. The Balaban J connectivity index is 2.43. The minimum absolute atomic E-state index is 0.541. The number of methoxy groups -OCH3 is 1. The monoisotopic (exact) mass is 294 g/mol. The van der Waals surface area contributed by atoms with Crippen LogP contribution in [0, 0.1) is 6.92 Å². The molecule has 0 aliphatic carbocycles. The van der Waals surface area contributed by atoms with Gasteiger partial charge in [-0.15, -0.1) is 0 Å². The summed E-state index contributed by atoms with van der Waals surface area (Å²) in [6, 6.07) is 5.89. The second kappa shape index (κ2) is 9.77. The number of nitrogens with zero attached hydrogens (tertiary/aromatic N) is 1. The predicted molar refractivity (Wildman–Crippen MR) is 88.0 cm³/mol. The molecular weight excluding hydrogens is 264 g/mol. The zero-order chi connectivity index (χ0) is 15.7. The van der Waals surface area contributed by atoms with E-state index in [1.807, 2.05) is 25.1 Å². The van der Waals surface area contributed by atoms with Crippen LogP contribution in [0.4, 0.5) is 0 Å². The van der Waals surface area contributed by atoms with Crippen molar-refractivity contribution >= 4 is 0 Å². The zero-order valence-corrected chi connectivity index (χ0v) is 13.9. The molecule has 0 saturated heterocycles. The van der Waals surface area contributed by atoms with E-state index in [1.165, 1.54) is 6.42 Å². The molecule has 0 aromatic heterocycles. The molecule has 0 fully saturated rings. The van der Waals surface area contributed by atoms with Gasteiger partial charge in [-0.25, -0.2) is 0 Å². The number of aryl methyl sites for hydroxylation is 1. The Kier molecular flexibility index (Phi) is 8.35. The topological polar surface area (TPSA) is 44.7 Å². The molecule has 4 heteroatoms. The molecule has 21 heavy (non-hydrogen) atoms. The van der Waals surface area contributed by atoms with Crippen LogP contribution in [-0.4, -0.2) is 49.8 Å². The van der Waals surface area contributed by atoms with E-state index in [9.17, 15) is 5.11 Å². The molecule has 0 heterocycles. The fourth-order valence-corrected chi connectivity index (χ4v) is 2.44. The van der Waals surface area contributed by atoms with Crippen molar-refractivity contribution in [1.29, 1.82) is 0 Å². The largest absolute Gasteiger partial charge is 0.496 e. The van der Waals surface area contributed by atoms with Gasteiger partial charge >= 0.3 is 0 Å². The van der Waals surface area contributed by atoms with Crippen LogP contribution < -0.4 is 10.1 Å². The van der Waals surface area contributed by atoms with Gasteiger partial charge in [-0.2, -0.15) is 0 Å². The molecule has 1 aromatic rings. The summed E-state index contributed by atoms with van der Waals surface area (Å²) in [6.45, 7) is 11.1. The number of aliphatic hydroxyl groups is 1. The Morgan fingerprint density at radius 1 is 1.29 bits per heavy atom. The van der Waals surface area contributed by atoms with Gasteiger partial charge in [0.05, 0.1) is 13.2 Å². The maximum absolute atomic E-state index is 10.3. The third-order valence-corrected chi connectivity index (χ3v) is 3.67. The summed E-state index contributed by atoms with van der Waals surface area (Å²) in [6.07, 6.45) is 0.637. The lowest BCUT2D eigenvalue weighted by Gasteiger charge is -2.21. The van der Waals surface area contributed by atoms with Crippen molar-refractivity contribution < 1.29 is 9.84 Å². The summed E-state index contributed by atoms with van der Waals surface area (Å²) in [5, 5.41) is 13.7. The van der Waals surface area contributed by atoms with Crippen molar-refractivity contribution in [3.8, 4) is 5.75 Å². The molecule has 1 aromatic carbocycles. The van der Waals surface area contributed by atoms with Crippen molar-refractivity contribution in [2.75, 3.05) is 39.8 Å². The highest BCUT2D eigenvalue weighted by Crippen LogP contribution is 2.25. The Bertz CT molecular complexity index is 410. The highest BCUT2D eigenvalue weighted by Gasteiger charge is 2.13. The van der Waals surface area contributed by atoms with E-state index in [2.05, 4.69) is 24.1 Å². The Labute approximate surface area is 129 Å². The van der Waals surface area contributed by atoms with Gasteiger partial charge in [0.1, 0.15) is 5.75 Å². The van der Waals surface area contributed by atoms with Gasteiger partial charge < -0.3 is 20.1 Å². The lowest BCUT2D eigenvalue weighted by Crippen LogP contribution is -2.34. The van der Waals surface area contributed by atoms with Gasteiger partial charge in [0.15, 0.2) is 0 Å². The third-order valence-electron chi connectivity index (χ3n) is 3.67. The summed E-state index contributed by atoms with van der Waals surface area (Å²) < 4.78 is 5.32. The lowest BCUT2D eigenvalue weighted by molar-refractivity contribution is 0.168. The second-order valence-corrected chi connectivity index (χ2v) is 5.40. The maximum Gasteiger partial charge on any atom is 0.124 e. The SMILES string of the molecule is CCCN(CC)CCNCC(O)c1cc(C)ccc1OC. The van der Waals surface area contributed by atoms with Gasteiger partial charge in [0.25, 0.3) is 0 Å². The molecule has 0 amide bonds. The van der Waals surface area contributed by atoms with E-state index >= 15 is 0 Å². The van der Waals surface area contributed by atoms with Crippen LogP contribution >= 0.6 is 0 Å². The number of hydrogen-bond donors (Lipinski definition) is 2. The maximum atomic E-state index is 10.3. The van der Waals surface area contributed by atoms with Crippen molar-refractivity contribution in [1.82, 2.24) is 10.2 Å². The minimum atomic E-state index is -0.541. The highest BCUT2D eigenvalue weighted by atomic mass is 16.5.